The summed E-state index contributed by atoms with van der Waals surface area (Å²) in [6, 6.07) is 8.21. The van der Waals surface area contributed by atoms with Crippen molar-refractivity contribution < 1.29 is 18.1 Å². The first-order chi connectivity index (χ1) is 12.8. The van der Waals surface area contributed by atoms with Gasteiger partial charge in [0.05, 0.1) is 49.5 Å². The Morgan fingerprint density at radius 3 is 2.56 bits per heavy atom. The van der Waals surface area contributed by atoms with Gasteiger partial charge in [0.15, 0.2) is 9.84 Å². The first kappa shape index (κ1) is 19.9. The molecule has 0 radical (unpaired) electrons. The molecule has 1 fully saturated rings. The molecule has 6 nitrogen and oxygen atoms in total. The molecular weight excluding hydrogens is 362 g/mol. The molecule has 2 atom stereocenters. The zero-order valence-electron chi connectivity index (χ0n) is 16.7. The molecular formula is C20H30N3O3S+. The third-order valence-corrected chi connectivity index (χ3v) is 7.26. The monoisotopic (exact) mass is 392 g/mol. The van der Waals surface area contributed by atoms with Crippen molar-refractivity contribution >= 4 is 9.84 Å². The molecule has 2 heterocycles. The second kappa shape index (κ2) is 8.02. The molecule has 1 unspecified atom stereocenters. The lowest BCUT2D eigenvalue weighted by molar-refractivity contribution is -0.893. The van der Waals surface area contributed by atoms with E-state index in [0.717, 1.165) is 36.6 Å². The van der Waals surface area contributed by atoms with Crippen molar-refractivity contribution in [3.63, 3.8) is 0 Å². The number of likely N-dealkylation sites (N-methyl/N-ethyl adjacent to an activating group) is 1. The third kappa shape index (κ3) is 4.71. The van der Waals surface area contributed by atoms with Gasteiger partial charge in [-0.2, -0.15) is 5.10 Å². The number of nitrogens with one attached hydrogen (secondary N) is 1. The third-order valence-electron chi connectivity index (χ3n) is 5.51. The van der Waals surface area contributed by atoms with Crippen LogP contribution in [0.3, 0.4) is 0 Å². The summed E-state index contributed by atoms with van der Waals surface area (Å²) in [5.74, 6) is 1.37. The first-order valence-electron chi connectivity index (χ1n) is 9.48. The minimum absolute atomic E-state index is 0.0120. The molecule has 2 aromatic rings. The molecule has 1 N–H and O–H groups in total. The lowest BCUT2D eigenvalue weighted by Crippen LogP contribution is -3.07. The fourth-order valence-corrected chi connectivity index (χ4v) is 5.51. The smallest absolute Gasteiger partial charge is 0.152 e. The molecule has 1 aliphatic heterocycles. The predicted octanol–water partition coefficient (Wildman–Crippen LogP) is 1.13. The molecule has 0 amide bonds. The number of ether oxygens (including phenoxy) is 1. The number of sulfone groups is 1. The van der Waals surface area contributed by atoms with Crippen LogP contribution in [0.5, 0.6) is 5.75 Å². The Labute approximate surface area is 162 Å². The zero-order chi connectivity index (χ0) is 19.6. The van der Waals surface area contributed by atoms with Gasteiger partial charge in [-0.1, -0.05) is 12.1 Å². The van der Waals surface area contributed by atoms with Crippen LogP contribution in [0, 0.1) is 13.8 Å². The number of aryl methyl sites for hydroxylation is 1. The van der Waals surface area contributed by atoms with Gasteiger partial charge in [0.2, 0.25) is 0 Å². The molecule has 3 rings (SSSR count). The summed E-state index contributed by atoms with van der Waals surface area (Å²) >= 11 is 0. The summed E-state index contributed by atoms with van der Waals surface area (Å²) in [6.45, 7) is 6.01. The van der Waals surface area contributed by atoms with Gasteiger partial charge < -0.3 is 9.64 Å². The highest BCUT2D eigenvalue weighted by Crippen LogP contribution is 2.26. The van der Waals surface area contributed by atoms with E-state index >= 15 is 0 Å². The van der Waals surface area contributed by atoms with Crippen LogP contribution in [-0.4, -0.2) is 50.4 Å². The van der Waals surface area contributed by atoms with Crippen molar-refractivity contribution in [2.75, 3.05) is 32.2 Å². The summed E-state index contributed by atoms with van der Waals surface area (Å²) < 4.78 is 30.8. The van der Waals surface area contributed by atoms with E-state index in [1.165, 1.54) is 16.0 Å². The maximum absolute atomic E-state index is 11.8. The van der Waals surface area contributed by atoms with Gasteiger partial charge >= 0.3 is 0 Å². The summed E-state index contributed by atoms with van der Waals surface area (Å²) in [5.41, 5.74) is 4.67. The van der Waals surface area contributed by atoms with Gasteiger partial charge in [0.25, 0.3) is 0 Å². The van der Waals surface area contributed by atoms with Gasteiger partial charge in [-0.05, 0) is 38.0 Å². The molecule has 0 spiro atoms. The van der Waals surface area contributed by atoms with Gasteiger partial charge in [-0.15, -0.1) is 0 Å². The average molecular weight is 393 g/mol. The fourth-order valence-electron chi connectivity index (χ4n) is 3.82. The highest BCUT2D eigenvalue weighted by Gasteiger charge is 2.31. The summed E-state index contributed by atoms with van der Waals surface area (Å²) in [6.07, 6.45) is 1.67. The van der Waals surface area contributed by atoms with Gasteiger partial charge in [-0.25, -0.2) is 8.42 Å². The van der Waals surface area contributed by atoms with Crippen molar-refractivity contribution in [2.24, 2.45) is 0 Å². The van der Waals surface area contributed by atoms with E-state index in [-0.39, 0.29) is 17.5 Å². The van der Waals surface area contributed by atoms with Crippen molar-refractivity contribution in [3.8, 4) is 5.75 Å². The van der Waals surface area contributed by atoms with Gasteiger partial charge in [-0.3, -0.25) is 4.68 Å². The maximum Gasteiger partial charge on any atom is 0.152 e. The Hall–Kier alpha value is -1.86. The maximum atomic E-state index is 11.8. The van der Waals surface area contributed by atoms with E-state index in [4.69, 9.17) is 4.74 Å². The second-order valence-electron chi connectivity index (χ2n) is 7.63. The van der Waals surface area contributed by atoms with Crippen LogP contribution >= 0.6 is 0 Å². The number of quaternary nitrogens is 1. The van der Waals surface area contributed by atoms with Crippen LogP contribution in [0.2, 0.25) is 0 Å². The van der Waals surface area contributed by atoms with E-state index in [9.17, 15) is 8.42 Å². The normalized spacial score (nSPS) is 19.9. The zero-order valence-corrected chi connectivity index (χ0v) is 17.5. The molecule has 1 aromatic heterocycles. The van der Waals surface area contributed by atoms with E-state index in [1.807, 2.05) is 23.7 Å². The van der Waals surface area contributed by atoms with Crippen LogP contribution in [0.25, 0.3) is 0 Å². The number of nitrogens with zero attached hydrogens (tertiary/aromatic N) is 2. The lowest BCUT2D eigenvalue weighted by Gasteiger charge is -2.15. The average Bonchev–Trinajstić information content (AvgIpc) is 3.14. The number of hydrogen-bond donors (Lipinski definition) is 1. The number of rotatable bonds is 7. The Bertz CT molecular complexity index is 888. The SMILES string of the molecule is COc1ccc(CC[NH+](C)Cc2c(C)nn([C@@H]3CCS(=O)(=O)C3)c2C)cc1. The first-order valence-corrected chi connectivity index (χ1v) is 11.3. The molecule has 1 aromatic carbocycles. The molecule has 0 aliphatic carbocycles. The van der Waals surface area contributed by atoms with Gasteiger partial charge in [0.1, 0.15) is 12.3 Å². The minimum Gasteiger partial charge on any atom is -0.497 e. The highest BCUT2D eigenvalue weighted by molar-refractivity contribution is 7.91. The second-order valence-corrected chi connectivity index (χ2v) is 9.86. The number of hydrogen-bond acceptors (Lipinski definition) is 4. The van der Waals surface area contributed by atoms with Crippen LogP contribution < -0.4 is 9.64 Å². The lowest BCUT2D eigenvalue weighted by atomic mass is 10.1. The molecule has 0 bridgehead atoms. The van der Waals surface area contributed by atoms with Gasteiger partial charge in [0, 0.05) is 12.1 Å². The largest absolute Gasteiger partial charge is 0.497 e. The standard InChI is InChI=1S/C20H29N3O3S/c1-15-20(16(2)23(21-15)18-10-12-27(24,25)14-18)13-22(3)11-9-17-5-7-19(26-4)8-6-17/h5-8,18H,9-14H2,1-4H3/p+1/t18-/m1/s1. The summed E-state index contributed by atoms with van der Waals surface area (Å²) in [4.78, 5) is 1.41. The van der Waals surface area contributed by atoms with E-state index in [1.54, 1.807) is 7.11 Å². The van der Waals surface area contributed by atoms with Crippen molar-refractivity contribution in [1.82, 2.24) is 9.78 Å². The van der Waals surface area contributed by atoms with Crippen LogP contribution in [0.15, 0.2) is 24.3 Å². The van der Waals surface area contributed by atoms with Crippen LogP contribution in [-0.2, 0) is 22.8 Å². The molecule has 27 heavy (non-hydrogen) atoms. The summed E-state index contributed by atoms with van der Waals surface area (Å²) in [7, 11) is 0.967. The number of methoxy groups -OCH3 is 1. The predicted molar refractivity (Wildman–Crippen MR) is 106 cm³/mol. The molecule has 7 heteroatoms. The van der Waals surface area contributed by atoms with Crippen molar-refractivity contribution in [3.05, 3.63) is 46.8 Å². The van der Waals surface area contributed by atoms with Crippen LogP contribution in [0.1, 0.15) is 35.0 Å². The van der Waals surface area contributed by atoms with E-state index < -0.39 is 9.84 Å². The minimum atomic E-state index is -2.91. The molecule has 1 aliphatic rings. The van der Waals surface area contributed by atoms with E-state index in [0.29, 0.717) is 6.42 Å². The molecule has 1 saturated heterocycles. The van der Waals surface area contributed by atoms with Crippen molar-refractivity contribution in [1.29, 1.82) is 0 Å². The fraction of sp³-hybridized carbons (Fsp3) is 0.550. The highest BCUT2D eigenvalue weighted by atomic mass is 32.2. The Morgan fingerprint density at radius 2 is 1.96 bits per heavy atom. The topological polar surface area (TPSA) is 65.6 Å². The Balaban J connectivity index is 1.63. The van der Waals surface area contributed by atoms with Crippen LogP contribution in [0.4, 0.5) is 0 Å². The molecule has 148 valence electrons. The number of benzene rings is 1. The number of aromatic nitrogens is 2. The molecule has 0 saturated carbocycles. The summed E-state index contributed by atoms with van der Waals surface area (Å²) in [5, 5.41) is 4.67. The van der Waals surface area contributed by atoms with E-state index in [2.05, 4.69) is 31.2 Å². The van der Waals surface area contributed by atoms with Crippen molar-refractivity contribution in [2.45, 2.75) is 39.3 Å². The quantitative estimate of drug-likeness (QED) is 0.767. The Morgan fingerprint density at radius 1 is 1.26 bits per heavy atom. The Kier molecular flexibility index (Phi) is 5.91.